The monoisotopic (exact) mass is 477 g/mol. The van der Waals surface area contributed by atoms with Gasteiger partial charge in [0.25, 0.3) is 0 Å². The number of nitrogens with zero attached hydrogens (tertiary/aromatic N) is 1. The zero-order chi connectivity index (χ0) is 24.5. The lowest BCUT2D eigenvalue weighted by Gasteiger charge is -2.37. The molecule has 5 rings (SSSR count). The predicted octanol–water partition coefficient (Wildman–Crippen LogP) is 6.18. The zero-order valence-corrected chi connectivity index (χ0v) is 19.9. The molecule has 1 saturated heterocycles. The molecule has 0 aromatic heterocycles. The van der Waals surface area contributed by atoms with Crippen LogP contribution in [0.5, 0.6) is 17.2 Å². The van der Waals surface area contributed by atoms with Crippen molar-refractivity contribution >= 4 is 11.1 Å². The molecule has 0 amide bonds. The number of phenols is 1. The van der Waals surface area contributed by atoms with E-state index in [0.29, 0.717) is 12.4 Å². The Morgan fingerprint density at radius 3 is 2.43 bits per heavy atom. The Kier molecular flexibility index (Phi) is 6.48. The van der Waals surface area contributed by atoms with Gasteiger partial charge in [0.2, 0.25) is 0 Å². The zero-order valence-electron chi connectivity index (χ0n) is 19.9. The van der Waals surface area contributed by atoms with Crippen LogP contribution >= 0.6 is 0 Å². The number of ether oxygens (including phenoxy) is 2. The molecule has 3 aromatic carbocycles. The van der Waals surface area contributed by atoms with Crippen LogP contribution in [0.4, 0.5) is 8.78 Å². The van der Waals surface area contributed by atoms with Crippen molar-refractivity contribution in [2.24, 2.45) is 5.92 Å². The second-order valence-electron chi connectivity index (χ2n) is 9.38. The third-order valence-corrected chi connectivity index (χ3v) is 6.88. The van der Waals surface area contributed by atoms with Crippen LogP contribution in [-0.2, 0) is 0 Å². The largest absolute Gasteiger partial charge is 0.508 e. The SMILES string of the molecule is CC1=C(c2ccc(F)cc2)[C@@H](c2ccc(OCCN3CC(CF)C3)cc2)Oc2cc(C)c(O)cc21. The van der Waals surface area contributed by atoms with Crippen molar-refractivity contribution < 1.29 is 23.4 Å². The molecule has 2 heterocycles. The number of fused-ring (bicyclic) bond motifs is 1. The maximum absolute atomic E-state index is 13.7. The second-order valence-corrected chi connectivity index (χ2v) is 9.38. The van der Waals surface area contributed by atoms with E-state index in [-0.39, 0.29) is 24.2 Å². The highest BCUT2D eigenvalue weighted by Gasteiger charge is 2.30. The van der Waals surface area contributed by atoms with E-state index in [0.717, 1.165) is 58.8 Å². The van der Waals surface area contributed by atoms with Gasteiger partial charge in [0.15, 0.2) is 0 Å². The summed E-state index contributed by atoms with van der Waals surface area (Å²) in [5.41, 5.74) is 5.27. The summed E-state index contributed by atoms with van der Waals surface area (Å²) < 4.78 is 38.6. The van der Waals surface area contributed by atoms with Crippen molar-refractivity contribution in [2.75, 3.05) is 32.9 Å². The van der Waals surface area contributed by atoms with E-state index < -0.39 is 6.10 Å². The number of allylic oxidation sites excluding steroid dienone is 1. The lowest BCUT2D eigenvalue weighted by atomic mass is 9.86. The number of hydrogen-bond acceptors (Lipinski definition) is 4. The Morgan fingerprint density at radius 2 is 1.74 bits per heavy atom. The van der Waals surface area contributed by atoms with Gasteiger partial charge in [-0.1, -0.05) is 24.3 Å². The molecule has 1 N–H and O–H groups in total. The van der Waals surface area contributed by atoms with Crippen molar-refractivity contribution in [1.29, 1.82) is 0 Å². The first-order valence-corrected chi connectivity index (χ1v) is 11.9. The van der Waals surface area contributed by atoms with E-state index in [2.05, 4.69) is 4.90 Å². The average Bonchev–Trinajstić information content (AvgIpc) is 2.83. The average molecular weight is 478 g/mol. The summed E-state index contributed by atoms with van der Waals surface area (Å²) in [5, 5.41) is 10.3. The molecule has 0 unspecified atom stereocenters. The third kappa shape index (κ3) is 4.76. The van der Waals surface area contributed by atoms with Crippen LogP contribution < -0.4 is 9.47 Å². The van der Waals surface area contributed by atoms with Crippen LogP contribution in [0.15, 0.2) is 60.7 Å². The number of halogens is 2. The van der Waals surface area contributed by atoms with Gasteiger partial charge in [0.1, 0.15) is 35.8 Å². The number of hydrogen-bond donors (Lipinski definition) is 1. The molecule has 0 spiro atoms. The minimum atomic E-state index is -0.398. The fourth-order valence-electron chi connectivity index (χ4n) is 4.81. The fourth-order valence-corrected chi connectivity index (χ4v) is 4.81. The van der Waals surface area contributed by atoms with Crippen LogP contribution in [0.25, 0.3) is 11.1 Å². The van der Waals surface area contributed by atoms with Gasteiger partial charge in [-0.3, -0.25) is 9.29 Å². The minimum absolute atomic E-state index is 0.175. The van der Waals surface area contributed by atoms with Gasteiger partial charge < -0.3 is 14.6 Å². The topological polar surface area (TPSA) is 41.9 Å². The van der Waals surface area contributed by atoms with Gasteiger partial charge in [-0.25, -0.2) is 4.39 Å². The van der Waals surface area contributed by atoms with E-state index in [9.17, 15) is 13.9 Å². The molecule has 2 aliphatic heterocycles. The second kappa shape index (κ2) is 9.70. The lowest BCUT2D eigenvalue weighted by Crippen LogP contribution is -2.49. The Balaban J connectivity index is 1.39. The van der Waals surface area contributed by atoms with Crippen molar-refractivity contribution in [3.8, 4) is 17.2 Å². The Labute approximate surface area is 204 Å². The lowest BCUT2D eigenvalue weighted by molar-refractivity contribution is 0.0668. The van der Waals surface area contributed by atoms with E-state index in [4.69, 9.17) is 9.47 Å². The van der Waals surface area contributed by atoms with Crippen LogP contribution in [0.1, 0.15) is 35.3 Å². The fraction of sp³-hybridized carbons (Fsp3) is 0.310. The first-order valence-electron chi connectivity index (χ1n) is 11.9. The molecule has 1 atom stereocenters. The smallest absolute Gasteiger partial charge is 0.150 e. The molecule has 6 heteroatoms. The summed E-state index contributed by atoms with van der Waals surface area (Å²) in [6.07, 6.45) is -0.398. The number of phenolic OH excluding ortho intramolecular Hbond substituents is 1. The number of rotatable bonds is 7. The number of aryl methyl sites for hydroxylation is 1. The number of aromatic hydroxyl groups is 1. The number of alkyl halides is 1. The van der Waals surface area contributed by atoms with Crippen molar-refractivity contribution in [3.63, 3.8) is 0 Å². The molecular weight excluding hydrogens is 448 g/mol. The van der Waals surface area contributed by atoms with Gasteiger partial charge in [-0.05, 0) is 72.5 Å². The molecular formula is C29H29F2NO3. The highest BCUT2D eigenvalue weighted by molar-refractivity contribution is 5.95. The molecule has 35 heavy (non-hydrogen) atoms. The number of likely N-dealkylation sites (tertiary alicyclic amines) is 1. The molecule has 0 bridgehead atoms. The summed E-state index contributed by atoms with van der Waals surface area (Å²) >= 11 is 0. The summed E-state index contributed by atoms with van der Waals surface area (Å²) in [5.74, 6) is 1.55. The summed E-state index contributed by atoms with van der Waals surface area (Å²) in [6, 6.07) is 17.8. The molecule has 0 radical (unpaired) electrons. The summed E-state index contributed by atoms with van der Waals surface area (Å²) in [4.78, 5) is 2.19. The van der Waals surface area contributed by atoms with Crippen molar-refractivity contribution in [1.82, 2.24) is 4.90 Å². The molecule has 4 nitrogen and oxygen atoms in total. The molecule has 2 aliphatic rings. The first kappa shape index (κ1) is 23.4. The van der Waals surface area contributed by atoms with Crippen molar-refractivity contribution in [3.05, 3.63) is 88.7 Å². The highest BCUT2D eigenvalue weighted by Crippen LogP contribution is 2.48. The van der Waals surface area contributed by atoms with E-state index in [1.165, 1.54) is 12.1 Å². The predicted molar refractivity (Wildman–Crippen MR) is 133 cm³/mol. The van der Waals surface area contributed by atoms with Gasteiger partial charge >= 0.3 is 0 Å². The van der Waals surface area contributed by atoms with Gasteiger partial charge in [0, 0.05) is 36.7 Å². The standard InChI is InChI=1S/C29H29F2NO3/c1-18-13-27-25(14-26(18)33)19(2)28(21-3-7-23(31)8-4-21)29(35-27)22-5-9-24(10-6-22)34-12-11-32-16-20(15-30)17-32/h3-10,13-14,20,29,33H,11-12,15-17H2,1-2H3/t29-/m1/s1. The Morgan fingerprint density at radius 1 is 1.03 bits per heavy atom. The quantitative estimate of drug-likeness (QED) is 0.441. The van der Waals surface area contributed by atoms with Crippen LogP contribution in [0, 0.1) is 18.7 Å². The third-order valence-electron chi connectivity index (χ3n) is 6.88. The maximum Gasteiger partial charge on any atom is 0.150 e. The number of benzene rings is 3. The van der Waals surface area contributed by atoms with Crippen LogP contribution in [0.2, 0.25) is 0 Å². The Hall–Kier alpha value is -3.38. The van der Waals surface area contributed by atoms with Crippen LogP contribution in [0.3, 0.4) is 0 Å². The van der Waals surface area contributed by atoms with Gasteiger partial charge in [-0.2, -0.15) is 0 Å². The summed E-state index contributed by atoms with van der Waals surface area (Å²) in [6.45, 7) is 6.52. The maximum atomic E-state index is 13.7. The van der Waals surface area contributed by atoms with E-state index in [1.807, 2.05) is 44.2 Å². The van der Waals surface area contributed by atoms with Gasteiger partial charge in [-0.15, -0.1) is 0 Å². The molecule has 1 fully saturated rings. The van der Waals surface area contributed by atoms with Crippen molar-refractivity contribution in [2.45, 2.75) is 20.0 Å². The first-order chi connectivity index (χ1) is 16.9. The van der Waals surface area contributed by atoms with E-state index in [1.54, 1.807) is 18.2 Å². The molecule has 0 saturated carbocycles. The van der Waals surface area contributed by atoms with Crippen LogP contribution in [-0.4, -0.2) is 42.9 Å². The minimum Gasteiger partial charge on any atom is -0.508 e. The van der Waals surface area contributed by atoms with Gasteiger partial charge in [0.05, 0.1) is 6.67 Å². The Bertz CT molecular complexity index is 1230. The molecule has 0 aliphatic carbocycles. The molecule has 182 valence electrons. The van der Waals surface area contributed by atoms with E-state index >= 15 is 0 Å². The highest BCUT2D eigenvalue weighted by atomic mass is 19.1. The molecule has 3 aromatic rings. The summed E-state index contributed by atoms with van der Waals surface area (Å²) in [7, 11) is 0. The normalized spacial score (nSPS) is 18.1.